The van der Waals surface area contributed by atoms with Gasteiger partial charge in [-0.1, -0.05) is 103 Å². The number of rotatable bonds is 12. The Kier molecular flexibility index (Phi) is 9.76. The second-order valence-corrected chi connectivity index (χ2v) is 18.0. The summed E-state index contributed by atoms with van der Waals surface area (Å²) in [6, 6.07) is 15.4. The number of ketones is 1. The van der Waals surface area contributed by atoms with E-state index in [2.05, 4.69) is 46.9 Å². The summed E-state index contributed by atoms with van der Waals surface area (Å²) in [5, 5.41) is 2.68. The summed E-state index contributed by atoms with van der Waals surface area (Å²) in [4.78, 5) is 26.7. The zero-order chi connectivity index (χ0) is 29.8. The van der Waals surface area contributed by atoms with Crippen LogP contribution in [0.5, 0.6) is 0 Å². The zero-order valence-corrected chi connectivity index (χ0v) is 26.4. The maximum absolute atomic E-state index is 13.9. The Morgan fingerprint density at radius 2 is 1.32 bits per heavy atom. The summed E-state index contributed by atoms with van der Waals surface area (Å²) >= 11 is 0. The molecule has 0 saturated carbocycles. The van der Waals surface area contributed by atoms with E-state index in [-0.39, 0.29) is 12.0 Å². The first kappa shape index (κ1) is 31.4. The van der Waals surface area contributed by atoms with E-state index in [1.807, 2.05) is 49.4 Å². The Morgan fingerprint density at radius 3 is 1.83 bits per heavy atom. The molecule has 0 radical (unpaired) electrons. The van der Waals surface area contributed by atoms with Gasteiger partial charge in [-0.2, -0.15) is 0 Å². The van der Waals surface area contributed by atoms with Crippen LogP contribution >= 0.6 is 0 Å². The SMILES string of the molecule is CC(C)[Si](OCc1ccc(C(=O)[C@H](NC(=O)OCc2ccccc2)C23OCC(C)(CO2)CO3)cc1)(C(C)C)C(C)C. The molecule has 0 unspecified atom stereocenters. The molecule has 0 aromatic heterocycles. The highest BCUT2D eigenvalue weighted by atomic mass is 28.4. The van der Waals surface area contributed by atoms with Gasteiger partial charge in [0.25, 0.3) is 0 Å². The molecule has 2 aromatic carbocycles. The van der Waals surface area contributed by atoms with Crippen molar-refractivity contribution in [3.05, 3.63) is 71.3 Å². The minimum Gasteiger partial charge on any atom is -0.445 e. The van der Waals surface area contributed by atoms with Gasteiger partial charge < -0.3 is 28.7 Å². The van der Waals surface area contributed by atoms with Gasteiger partial charge in [0.1, 0.15) is 6.61 Å². The van der Waals surface area contributed by atoms with Gasteiger partial charge in [-0.3, -0.25) is 4.79 Å². The molecule has 3 saturated heterocycles. The number of fused-ring (bicyclic) bond motifs is 3. The van der Waals surface area contributed by atoms with Crippen LogP contribution in [0.2, 0.25) is 16.6 Å². The Labute approximate surface area is 245 Å². The summed E-state index contributed by atoms with van der Waals surface area (Å²) in [6.45, 7) is 17.1. The normalized spacial score (nSPS) is 23.2. The van der Waals surface area contributed by atoms with E-state index in [9.17, 15) is 9.59 Å². The van der Waals surface area contributed by atoms with Gasteiger partial charge in [0.2, 0.25) is 8.32 Å². The van der Waals surface area contributed by atoms with E-state index in [1.165, 1.54) is 0 Å². The molecule has 41 heavy (non-hydrogen) atoms. The first-order valence-electron chi connectivity index (χ1n) is 14.6. The van der Waals surface area contributed by atoms with E-state index in [1.54, 1.807) is 12.1 Å². The van der Waals surface area contributed by atoms with E-state index in [0.717, 1.165) is 11.1 Å². The number of Topliss-reactive ketones (excluding diaryl/α,β-unsaturated/α-hetero) is 1. The average molecular weight is 584 g/mol. The Morgan fingerprint density at radius 1 is 0.805 bits per heavy atom. The molecule has 224 valence electrons. The van der Waals surface area contributed by atoms with Crippen LogP contribution < -0.4 is 5.32 Å². The summed E-state index contributed by atoms with van der Waals surface area (Å²) in [5.41, 5.74) is 3.34. The van der Waals surface area contributed by atoms with E-state index < -0.39 is 32.2 Å². The van der Waals surface area contributed by atoms with Crippen molar-refractivity contribution in [3.63, 3.8) is 0 Å². The van der Waals surface area contributed by atoms with Crippen molar-refractivity contribution in [1.82, 2.24) is 5.32 Å². The minimum atomic E-state index is -2.03. The number of carbonyl (C=O) groups excluding carboxylic acids is 2. The van der Waals surface area contributed by atoms with Crippen LogP contribution in [0.1, 0.15) is 70.0 Å². The molecule has 1 amide bonds. The lowest BCUT2D eigenvalue weighted by Crippen LogP contribution is -2.69. The van der Waals surface area contributed by atoms with Crippen LogP contribution in [0, 0.1) is 5.41 Å². The third kappa shape index (κ3) is 6.75. The van der Waals surface area contributed by atoms with Crippen LogP contribution in [0.4, 0.5) is 4.79 Å². The Bertz CT molecular complexity index is 1140. The number of benzene rings is 2. The third-order valence-electron chi connectivity index (χ3n) is 8.39. The fraction of sp³-hybridized carbons (Fsp3) is 0.562. The number of hydrogen-bond donors (Lipinski definition) is 1. The number of alkyl carbamates (subject to hydrolysis) is 1. The highest BCUT2D eigenvalue weighted by Gasteiger charge is 2.58. The predicted molar refractivity (Wildman–Crippen MR) is 159 cm³/mol. The van der Waals surface area contributed by atoms with Gasteiger partial charge in [-0.15, -0.1) is 0 Å². The van der Waals surface area contributed by atoms with Crippen LogP contribution in [0.15, 0.2) is 54.6 Å². The molecule has 2 bridgehead atoms. The van der Waals surface area contributed by atoms with Crippen molar-refractivity contribution >= 4 is 20.2 Å². The van der Waals surface area contributed by atoms with Crippen LogP contribution in [-0.4, -0.2) is 52.0 Å². The molecule has 5 rings (SSSR count). The number of carbonyl (C=O) groups is 2. The van der Waals surface area contributed by atoms with Crippen molar-refractivity contribution < 1.29 is 33.0 Å². The lowest BCUT2D eigenvalue weighted by Gasteiger charge is -2.52. The Hall–Kier alpha value is -2.56. The number of nitrogens with one attached hydrogen (secondary N) is 1. The van der Waals surface area contributed by atoms with Crippen molar-refractivity contribution in [1.29, 1.82) is 0 Å². The van der Waals surface area contributed by atoms with Crippen LogP contribution in [-0.2, 0) is 36.6 Å². The van der Waals surface area contributed by atoms with Crippen molar-refractivity contribution in [2.24, 2.45) is 5.41 Å². The Balaban J connectivity index is 1.50. The van der Waals surface area contributed by atoms with Crippen molar-refractivity contribution in [2.45, 2.75) is 90.3 Å². The largest absolute Gasteiger partial charge is 0.445 e. The summed E-state index contributed by atoms with van der Waals surface area (Å²) < 4.78 is 30.0. The zero-order valence-electron chi connectivity index (χ0n) is 25.4. The predicted octanol–water partition coefficient (Wildman–Crippen LogP) is 6.59. The molecular formula is C32H45NO7Si. The van der Waals surface area contributed by atoms with E-state index >= 15 is 0 Å². The van der Waals surface area contributed by atoms with Gasteiger partial charge >= 0.3 is 12.1 Å². The van der Waals surface area contributed by atoms with Gasteiger partial charge in [0, 0.05) is 11.0 Å². The van der Waals surface area contributed by atoms with Gasteiger partial charge in [-0.25, -0.2) is 4.79 Å². The monoisotopic (exact) mass is 583 g/mol. The van der Waals surface area contributed by atoms with Gasteiger partial charge in [0.05, 0.1) is 26.4 Å². The molecule has 1 atom stereocenters. The van der Waals surface area contributed by atoms with E-state index in [0.29, 0.717) is 48.6 Å². The highest BCUT2D eigenvalue weighted by molar-refractivity contribution is 6.77. The minimum absolute atomic E-state index is 0.0594. The quantitative estimate of drug-likeness (QED) is 0.222. The van der Waals surface area contributed by atoms with Gasteiger partial charge in [0.15, 0.2) is 11.8 Å². The molecule has 8 nitrogen and oxygen atoms in total. The molecule has 3 aliphatic rings. The molecule has 0 spiro atoms. The fourth-order valence-corrected chi connectivity index (χ4v) is 11.6. The molecule has 0 aliphatic carbocycles. The molecule has 3 fully saturated rings. The number of amides is 1. The summed E-state index contributed by atoms with van der Waals surface area (Å²) in [7, 11) is -2.03. The lowest BCUT2D eigenvalue weighted by molar-refractivity contribution is -0.468. The van der Waals surface area contributed by atoms with Crippen LogP contribution in [0.3, 0.4) is 0 Å². The van der Waals surface area contributed by atoms with E-state index in [4.69, 9.17) is 23.4 Å². The maximum Gasteiger partial charge on any atom is 0.408 e. The maximum atomic E-state index is 13.9. The highest BCUT2D eigenvalue weighted by Crippen LogP contribution is 2.43. The standard InChI is InChI=1S/C32H45NO7Si/c1-22(2)41(23(3)4,24(5)6)40-18-26-13-15-27(16-14-26)28(34)29(32-37-19-31(7,20-38-32)21-39-32)33-30(35)36-17-25-11-9-8-10-12-25/h8-16,22-24,29H,17-21H2,1-7H3,(H,33,35)/t29-,31?,32?/m0/s1. The third-order valence-corrected chi connectivity index (χ3v) is 14.4. The number of ether oxygens (including phenoxy) is 4. The topological polar surface area (TPSA) is 92.3 Å². The molecule has 2 aromatic rings. The molecular weight excluding hydrogens is 538 g/mol. The smallest absolute Gasteiger partial charge is 0.408 e. The molecule has 3 heterocycles. The van der Waals surface area contributed by atoms with Crippen molar-refractivity contribution in [2.75, 3.05) is 19.8 Å². The average Bonchev–Trinajstić information content (AvgIpc) is 2.96. The fourth-order valence-electron chi connectivity index (χ4n) is 6.16. The van der Waals surface area contributed by atoms with Crippen molar-refractivity contribution in [3.8, 4) is 0 Å². The molecule has 9 heteroatoms. The number of hydrogen-bond acceptors (Lipinski definition) is 7. The summed E-state index contributed by atoms with van der Waals surface area (Å²) in [5.74, 6) is -2.12. The molecule has 1 N–H and O–H groups in total. The second kappa shape index (κ2) is 12.7. The van der Waals surface area contributed by atoms with Crippen LogP contribution in [0.25, 0.3) is 0 Å². The first-order valence-corrected chi connectivity index (χ1v) is 16.7. The first-order chi connectivity index (χ1) is 19.4. The molecule has 3 aliphatic heterocycles. The van der Waals surface area contributed by atoms with Gasteiger partial charge in [-0.05, 0) is 27.8 Å². The summed E-state index contributed by atoms with van der Waals surface area (Å²) in [6.07, 6.45) is -0.765. The lowest BCUT2D eigenvalue weighted by atomic mass is 9.90. The second-order valence-electron chi connectivity index (χ2n) is 12.6.